The number of nitrogens with zero attached hydrogens (tertiary/aromatic N) is 2. The fourth-order valence-electron chi connectivity index (χ4n) is 11.7. The Labute approximate surface area is 387 Å². The van der Waals surface area contributed by atoms with E-state index in [1.807, 2.05) is 0 Å². The Balaban J connectivity index is 0.940. The molecule has 1 aliphatic heterocycles. The van der Waals surface area contributed by atoms with Crippen LogP contribution in [-0.4, -0.2) is 0 Å². The van der Waals surface area contributed by atoms with Gasteiger partial charge in [0, 0.05) is 28.2 Å². The number of hydrogen-bond donors (Lipinski definition) is 0. The summed E-state index contributed by atoms with van der Waals surface area (Å²) in [7, 11) is 0. The minimum atomic E-state index is -0.504. The first-order valence-corrected chi connectivity index (χ1v) is 23.1. The number of anilines is 6. The van der Waals surface area contributed by atoms with E-state index < -0.39 is 5.41 Å². The summed E-state index contributed by atoms with van der Waals surface area (Å²) in [6.07, 6.45) is 0. The first-order chi connectivity index (χ1) is 32.5. The average molecular weight is 843 g/mol. The summed E-state index contributed by atoms with van der Waals surface area (Å²) in [6, 6.07) is 89.8. The fourth-order valence-corrected chi connectivity index (χ4v) is 11.7. The Morgan fingerprint density at radius 1 is 0.318 bits per heavy atom. The molecule has 0 bridgehead atoms. The molecule has 0 N–H and O–H groups in total. The minimum Gasteiger partial charge on any atom is -0.310 e. The lowest BCUT2D eigenvalue weighted by Gasteiger charge is -2.45. The van der Waals surface area contributed by atoms with Crippen LogP contribution in [0, 0.1) is 0 Å². The Kier molecular flexibility index (Phi) is 8.51. The highest BCUT2D eigenvalue weighted by atomic mass is 15.2. The summed E-state index contributed by atoms with van der Waals surface area (Å²) in [5, 5.41) is 0. The van der Waals surface area contributed by atoms with Gasteiger partial charge in [-0.25, -0.2) is 0 Å². The SMILES string of the molecule is CC1(C)c2cc(-c3cccc4c3-c3ccccc3C43c4ccccc4N(c4ccccc4)c4ccccc43)ccc2-c2ccc(N(c3ccccc3)c3ccc(-c4ccccc4)cc3)cc21. The molecule has 2 aliphatic carbocycles. The predicted octanol–water partition coefficient (Wildman–Crippen LogP) is 16.9. The maximum Gasteiger partial charge on any atom is 0.0754 e. The van der Waals surface area contributed by atoms with E-state index in [2.05, 4.69) is 266 Å². The molecule has 0 amide bonds. The van der Waals surface area contributed by atoms with E-state index in [0.29, 0.717) is 0 Å². The maximum atomic E-state index is 2.50. The largest absolute Gasteiger partial charge is 0.310 e. The molecule has 0 saturated heterocycles. The van der Waals surface area contributed by atoms with E-state index >= 15 is 0 Å². The number of rotatable bonds is 6. The van der Waals surface area contributed by atoms with Crippen molar-refractivity contribution in [2.45, 2.75) is 24.7 Å². The van der Waals surface area contributed by atoms with Crippen LogP contribution < -0.4 is 9.80 Å². The molecular weight excluding hydrogens is 797 g/mol. The van der Waals surface area contributed by atoms with Crippen LogP contribution in [0.25, 0.3) is 44.5 Å². The molecule has 0 fully saturated rings. The Morgan fingerprint density at radius 2 is 0.803 bits per heavy atom. The summed E-state index contributed by atoms with van der Waals surface area (Å²) in [6.45, 7) is 4.81. The summed E-state index contributed by atoms with van der Waals surface area (Å²) in [5.74, 6) is 0. The van der Waals surface area contributed by atoms with Crippen LogP contribution in [0.2, 0.25) is 0 Å². The third-order valence-electron chi connectivity index (χ3n) is 14.7. The molecule has 0 atom stereocenters. The van der Waals surface area contributed by atoms with Crippen LogP contribution in [0.5, 0.6) is 0 Å². The molecule has 3 aliphatic rings. The summed E-state index contributed by atoms with van der Waals surface area (Å²) in [5.41, 5.74) is 24.4. The van der Waals surface area contributed by atoms with Crippen molar-refractivity contribution >= 4 is 34.1 Å². The van der Waals surface area contributed by atoms with Crippen LogP contribution >= 0.6 is 0 Å². The lowest BCUT2D eigenvalue weighted by Crippen LogP contribution is -2.36. The highest BCUT2D eigenvalue weighted by Crippen LogP contribution is 2.65. The second-order valence-corrected chi connectivity index (χ2v) is 18.4. The molecule has 312 valence electrons. The molecule has 2 heteroatoms. The molecule has 0 aromatic heterocycles. The molecule has 0 saturated carbocycles. The molecule has 10 aromatic carbocycles. The van der Waals surface area contributed by atoms with Crippen molar-refractivity contribution in [1.29, 1.82) is 0 Å². The maximum absolute atomic E-state index is 2.50. The number of para-hydroxylation sites is 4. The van der Waals surface area contributed by atoms with E-state index in [4.69, 9.17) is 0 Å². The van der Waals surface area contributed by atoms with E-state index in [9.17, 15) is 0 Å². The smallest absolute Gasteiger partial charge is 0.0754 e. The zero-order chi connectivity index (χ0) is 44.0. The molecule has 10 aromatic rings. The normalized spacial score (nSPS) is 14.1. The van der Waals surface area contributed by atoms with Gasteiger partial charge in [0.05, 0.1) is 16.8 Å². The zero-order valence-corrected chi connectivity index (χ0v) is 37.0. The quantitative estimate of drug-likeness (QED) is 0.165. The van der Waals surface area contributed by atoms with Crippen LogP contribution in [-0.2, 0) is 10.8 Å². The van der Waals surface area contributed by atoms with Gasteiger partial charge in [0.25, 0.3) is 0 Å². The second-order valence-electron chi connectivity index (χ2n) is 18.4. The Morgan fingerprint density at radius 3 is 1.50 bits per heavy atom. The first-order valence-electron chi connectivity index (χ1n) is 23.1. The molecule has 0 radical (unpaired) electrons. The highest BCUT2D eigenvalue weighted by Gasteiger charge is 2.52. The predicted molar refractivity (Wildman–Crippen MR) is 275 cm³/mol. The van der Waals surface area contributed by atoms with Crippen molar-refractivity contribution in [2.75, 3.05) is 9.80 Å². The first kappa shape index (κ1) is 38.3. The van der Waals surface area contributed by atoms with Crippen molar-refractivity contribution in [3.8, 4) is 44.5 Å². The van der Waals surface area contributed by atoms with E-state index in [-0.39, 0.29) is 5.41 Å². The molecule has 2 nitrogen and oxygen atoms in total. The third kappa shape index (κ3) is 5.48. The van der Waals surface area contributed by atoms with Gasteiger partial charge in [-0.2, -0.15) is 0 Å². The van der Waals surface area contributed by atoms with Crippen molar-refractivity contribution in [1.82, 2.24) is 0 Å². The molecule has 13 rings (SSSR count). The summed E-state index contributed by atoms with van der Waals surface area (Å²) >= 11 is 0. The number of fused-ring (bicyclic) bond motifs is 12. The van der Waals surface area contributed by atoms with Gasteiger partial charge in [-0.1, -0.05) is 190 Å². The van der Waals surface area contributed by atoms with Crippen LogP contribution in [0.15, 0.2) is 243 Å². The average Bonchev–Trinajstić information content (AvgIpc) is 3.80. The molecule has 0 unspecified atom stereocenters. The van der Waals surface area contributed by atoms with Gasteiger partial charge in [-0.05, 0) is 145 Å². The molecular formula is C64H46N2. The van der Waals surface area contributed by atoms with Crippen LogP contribution in [0.4, 0.5) is 34.1 Å². The van der Waals surface area contributed by atoms with Gasteiger partial charge in [0.2, 0.25) is 0 Å². The lowest BCUT2D eigenvalue weighted by atomic mass is 9.64. The van der Waals surface area contributed by atoms with Crippen molar-refractivity contribution in [3.63, 3.8) is 0 Å². The number of hydrogen-bond acceptors (Lipinski definition) is 2. The monoisotopic (exact) mass is 842 g/mol. The lowest BCUT2D eigenvalue weighted by molar-refractivity contribution is 0.660. The van der Waals surface area contributed by atoms with E-state index in [1.54, 1.807) is 0 Å². The Bertz CT molecular complexity index is 3450. The standard InChI is InChI=1S/C64H46N2/c1-63(2)58-41-45(35-39-51(58)52-40-38-49(42-59(52)63)65(46-21-8-4-9-22-46)48-36-33-44(34-37-48)43-19-6-3-7-20-43)50-26-18-30-57-62(50)53-25-12-13-27-54(53)64(57)55-28-14-16-31-60(55)66(47-23-10-5-11-24-47)61-32-17-15-29-56(61)64/h3-42H,1-2H3. The summed E-state index contributed by atoms with van der Waals surface area (Å²) in [4.78, 5) is 4.84. The van der Waals surface area contributed by atoms with Gasteiger partial charge in [-0.15, -0.1) is 0 Å². The zero-order valence-electron chi connectivity index (χ0n) is 37.0. The van der Waals surface area contributed by atoms with Crippen molar-refractivity contribution < 1.29 is 0 Å². The van der Waals surface area contributed by atoms with Crippen LogP contribution in [0.1, 0.15) is 47.2 Å². The van der Waals surface area contributed by atoms with E-state index in [0.717, 1.165) is 22.7 Å². The Hall–Kier alpha value is -8.20. The fraction of sp³-hybridized carbons (Fsp3) is 0.0625. The van der Waals surface area contributed by atoms with Gasteiger partial charge >= 0.3 is 0 Å². The molecule has 1 spiro atoms. The van der Waals surface area contributed by atoms with Gasteiger partial charge in [0.15, 0.2) is 0 Å². The third-order valence-corrected chi connectivity index (χ3v) is 14.7. The van der Waals surface area contributed by atoms with E-state index in [1.165, 1.54) is 89.3 Å². The van der Waals surface area contributed by atoms with Gasteiger partial charge in [-0.3, -0.25) is 0 Å². The minimum absolute atomic E-state index is 0.241. The second kappa shape index (κ2) is 14.7. The highest BCUT2D eigenvalue weighted by molar-refractivity contribution is 6.01. The van der Waals surface area contributed by atoms with Gasteiger partial charge in [0.1, 0.15) is 0 Å². The topological polar surface area (TPSA) is 6.48 Å². The van der Waals surface area contributed by atoms with Crippen molar-refractivity contribution in [2.24, 2.45) is 0 Å². The van der Waals surface area contributed by atoms with Gasteiger partial charge < -0.3 is 9.80 Å². The molecule has 1 heterocycles. The summed E-state index contributed by atoms with van der Waals surface area (Å²) < 4.78 is 0. The number of benzene rings is 10. The molecule has 66 heavy (non-hydrogen) atoms. The van der Waals surface area contributed by atoms with Crippen molar-refractivity contribution in [3.05, 3.63) is 276 Å². The van der Waals surface area contributed by atoms with Crippen LogP contribution in [0.3, 0.4) is 0 Å².